The first kappa shape index (κ1) is 24.0. The Morgan fingerprint density at radius 2 is 1.63 bits per heavy atom. The van der Waals surface area contributed by atoms with Crippen molar-refractivity contribution in [1.29, 1.82) is 0 Å². The molecule has 1 amide bonds. The molecule has 3 aromatic carbocycles. The van der Waals surface area contributed by atoms with E-state index in [1.54, 1.807) is 13.0 Å². The van der Waals surface area contributed by atoms with E-state index in [-0.39, 0.29) is 29.4 Å². The summed E-state index contributed by atoms with van der Waals surface area (Å²) >= 11 is 6.34. The average molecular weight is 492 g/mol. The fourth-order valence-corrected chi connectivity index (χ4v) is 3.73. The summed E-state index contributed by atoms with van der Waals surface area (Å²) < 4.78 is 16.0. The van der Waals surface area contributed by atoms with E-state index in [1.807, 2.05) is 60.7 Å². The number of nitrogens with one attached hydrogen (secondary N) is 1. The lowest BCUT2D eigenvalue weighted by molar-refractivity contribution is -0.136. The van der Waals surface area contributed by atoms with Gasteiger partial charge in [-0.3, -0.25) is 0 Å². The van der Waals surface area contributed by atoms with Gasteiger partial charge in [0.1, 0.15) is 18.2 Å². The van der Waals surface area contributed by atoms with Crippen LogP contribution in [0.25, 0.3) is 11.0 Å². The molecule has 0 aliphatic carbocycles. The highest BCUT2D eigenvalue weighted by molar-refractivity contribution is 6.33. The number of carbonyl (C=O) groups is 2. The Morgan fingerprint density at radius 1 is 0.971 bits per heavy atom. The standard InChI is InChI=1S/C27H22ClNO6/c1-17-12-25(30)34-23-15-24(21(28)14-20(17)23)35-26(31)22(13-18-8-4-2-5-9-18)29-27(32)33-16-19-10-6-3-7-11-19/h2-12,14-15,22H,13,16H2,1H3,(H,29,32)/t22-/m0/s1. The van der Waals surface area contributed by atoms with Crippen LogP contribution in [0.3, 0.4) is 0 Å². The summed E-state index contributed by atoms with van der Waals surface area (Å²) in [6.45, 7) is 1.80. The predicted octanol–water partition coefficient (Wildman–Crippen LogP) is 5.20. The Balaban J connectivity index is 1.53. The molecule has 178 valence electrons. The molecule has 4 rings (SSSR count). The lowest BCUT2D eigenvalue weighted by atomic mass is 10.1. The van der Waals surface area contributed by atoms with Crippen molar-refractivity contribution in [2.45, 2.75) is 26.0 Å². The molecule has 0 unspecified atom stereocenters. The van der Waals surface area contributed by atoms with E-state index >= 15 is 0 Å². The molecule has 0 saturated heterocycles. The zero-order valence-corrected chi connectivity index (χ0v) is 19.6. The lowest BCUT2D eigenvalue weighted by Crippen LogP contribution is -2.44. The molecule has 0 radical (unpaired) electrons. The Hall–Kier alpha value is -4.10. The van der Waals surface area contributed by atoms with E-state index in [9.17, 15) is 14.4 Å². The Kier molecular flexibility index (Phi) is 7.48. The maximum atomic E-state index is 13.1. The summed E-state index contributed by atoms with van der Waals surface area (Å²) in [5, 5.41) is 3.36. The van der Waals surface area contributed by atoms with Gasteiger partial charge in [0.25, 0.3) is 0 Å². The molecule has 0 bridgehead atoms. The number of rotatable bonds is 7. The second-order valence-corrected chi connectivity index (χ2v) is 8.30. The average Bonchev–Trinajstić information content (AvgIpc) is 2.84. The van der Waals surface area contributed by atoms with Crippen LogP contribution in [-0.2, 0) is 22.6 Å². The minimum atomic E-state index is -1.06. The molecule has 4 aromatic rings. The van der Waals surface area contributed by atoms with Crippen LogP contribution in [0.1, 0.15) is 16.7 Å². The van der Waals surface area contributed by atoms with Gasteiger partial charge in [-0.15, -0.1) is 0 Å². The third kappa shape index (κ3) is 6.28. The monoisotopic (exact) mass is 491 g/mol. The van der Waals surface area contributed by atoms with Gasteiger partial charge in [-0.2, -0.15) is 0 Å². The highest BCUT2D eigenvalue weighted by atomic mass is 35.5. The number of alkyl carbamates (subject to hydrolysis) is 1. The van der Waals surface area contributed by atoms with Crippen molar-refractivity contribution >= 4 is 34.6 Å². The van der Waals surface area contributed by atoms with E-state index in [0.717, 1.165) is 11.1 Å². The summed E-state index contributed by atoms with van der Waals surface area (Å²) in [4.78, 5) is 37.3. The highest BCUT2D eigenvalue weighted by Crippen LogP contribution is 2.31. The molecule has 8 heteroatoms. The molecule has 0 saturated carbocycles. The number of esters is 1. The molecule has 1 aromatic heterocycles. The first-order valence-electron chi connectivity index (χ1n) is 10.9. The summed E-state index contributed by atoms with van der Waals surface area (Å²) in [6.07, 6.45) is -0.600. The maximum absolute atomic E-state index is 13.1. The number of aryl methyl sites for hydroxylation is 1. The summed E-state index contributed by atoms with van der Waals surface area (Å²) in [5.41, 5.74) is 2.01. The number of carbonyl (C=O) groups excluding carboxylic acids is 2. The minimum Gasteiger partial charge on any atom is -0.445 e. The first-order valence-corrected chi connectivity index (χ1v) is 11.2. The van der Waals surface area contributed by atoms with Crippen molar-refractivity contribution in [1.82, 2.24) is 5.32 Å². The Morgan fingerprint density at radius 3 is 2.31 bits per heavy atom. The van der Waals surface area contributed by atoms with Crippen LogP contribution < -0.4 is 15.7 Å². The zero-order valence-electron chi connectivity index (χ0n) is 18.8. The Bertz CT molecular complexity index is 1400. The molecule has 0 aliphatic heterocycles. The van der Waals surface area contributed by atoms with Crippen LogP contribution in [0.15, 0.2) is 88.1 Å². The number of benzene rings is 3. The van der Waals surface area contributed by atoms with Crippen LogP contribution in [-0.4, -0.2) is 18.1 Å². The van der Waals surface area contributed by atoms with Gasteiger partial charge in [0.15, 0.2) is 5.75 Å². The first-order chi connectivity index (χ1) is 16.9. The maximum Gasteiger partial charge on any atom is 0.408 e. The van der Waals surface area contributed by atoms with Crippen molar-refractivity contribution in [2.24, 2.45) is 0 Å². The van der Waals surface area contributed by atoms with Crippen LogP contribution in [0, 0.1) is 6.92 Å². The van der Waals surface area contributed by atoms with Gasteiger partial charge in [0.05, 0.1) is 5.02 Å². The number of amides is 1. The molecule has 0 fully saturated rings. The van der Waals surface area contributed by atoms with Gasteiger partial charge < -0.3 is 19.2 Å². The van der Waals surface area contributed by atoms with Gasteiger partial charge in [-0.1, -0.05) is 72.3 Å². The number of ether oxygens (including phenoxy) is 2. The summed E-state index contributed by atoms with van der Waals surface area (Å²) in [5.74, 6) is -0.739. The van der Waals surface area contributed by atoms with Crippen molar-refractivity contribution in [3.05, 3.63) is 111 Å². The molecular weight excluding hydrogens is 470 g/mol. The van der Waals surface area contributed by atoms with E-state index in [1.165, 1.54) is 12.1 Å². The third-order valence-electron chi connectivity index (χ3n) is 5.29. The van der Waals surface area contributed by atoms with Crippen molar-refractivity contribution in [2.75, 3.05) is 0 Å². The number of halogens is 1. The molecule has 1 atom stereocenters. The number of fused-ring (bicyclic) bond motifs is 1. The van der Waals surface area contributed by atoms with Crippen molar-refractivity contribution in [3.63, 3.8) is 0 Å². The molecule has 0 aliphatic rings. The summed E-state index contributed by atoms with van der Waals surface area (Å²) in [6, 6.07) is 21.6. The smallest absolute Gasteiger partial charge is 0.408 e. The fraction of sp³-hybridized carbons (Fsp3) is 0.148. The highest BCUT2D eigenvalue weighted by Gasteiger charge is 2.25. The van der Waals surface area contributed by atoms with E-state index in [4.69, 9.17) is 25.5 Å². The van der Waals surface area contributed by atoms with Crippen molar-refractivity contribution < 1.29 is 23.5 Å². The van der Waals surface area contributed by atoms with Crippen LogP contribution in [0.5, 0.6) is 5.75 Å². The van der Waals surface area contributed by atoms with Crippen LogP contribution >= 0.6 is 11.6 Å². The Labute approximate surface area is 206 Å². The van der Waals surface area contributed by atoms with Gasteiger partial charge in [-0.05, 0) is 29.7 Å². The second kappa shape index (κ2) is 10.9. The SMILES string of the molecule is Cc1cc(=O)oc2cc(OC(=O)[C@H](Cc3ccccc3)NC(=O)OCc3ccccc3)c(Cl)cc12. The molecule has 35 heavy (non-hydrogen) atoms. The topological polar surface area (TPSA) is 94.8 Å². The normalized spacial score (nSPS) is 11.6. The van der Waals surface area contributed by atoms with Crippen LogP contribution in [0.4, 0.5) is 4.79 Å². The lowest BCUT2D eigenvalue weighted by Gasteiger charge is -2.18. The van der Waals surface area contributed by atoms with E-state index < -0.39 is 23.7 Å². The van der Waals surface area contributed by atoms with Gasteiger partial charge in [0.2, 0.25) is 0 Å². The van der Waals surface area contributed by atoms with Gasteiger partial charge in [-0.25, -0.2) is 14.4 Å². The summed E-state index contributed by atoms with van der Waals surface area (Å²) in [7, 11) is 0. The van der Waals surface area contributed by atoms with Gasteiger partial charge in [0, 0.05) is 23.9 Å². The van der Waals surface area contributed by atoms with E-state index in [2.05, 4.69) is 5.32 Å². The third-order valence-corrected chi connectivity index (χ3v) is 5.58. The molecule has 7 nitrogen and oxygen atoms in total. The number of hydrogen-bond donors (Lipinski definition) is 1. The molecular formula is C27H22ClNO6. The fourth-order valence-electron chi connectivity index (χ4n) is 3.53. The minimum absolute atomic E-state index is 0.00966. The largest absolute Gasteiger partial charge is 0.445 e. The van der Waals surface area contributed by atoms with Crippen LogP contribution in [0.2, 0.25) is 5.02 Å². The molecule has 1 N–H and O–H groups in total. The number of hydrogen-bond acceptors (Lipinski definition) is 6. The second-order valence-electron chi connectivity index (χ2n) is 7.90. The van der Waals surface area contributed by atoms with Gasteiger partial charge >= 0.3 is 17.7 Å². The quantitative estimate of drug-likeness (QED) is 0.217. The van der Waals surface area contributed by atoms with E-state index in [0.29, 0.717) is 10.9 Å². The van der Waals surface area contributed by atoms with Crippen molar-refractivity contribution in [3.8, 4) is 5.75 Å². The zero-order chi connectivity index (χ0) is 24.8. The molecule has 1 heterocycles. The predicted molar refractivity (Wildman–Crippen MR) is 132 cm³/mol. The molecule has 0 spiro atoms.